The van der Waals surface area contributed by atoms with Crippen molar-refractivity contribution in [2.45, 2.75) is 24.2 Å². The zero-order valence-electron chi connectivity index (χ0n) is 13.9. The van der Waals surface area contributed by atoms with Crippen LogP contribution in [0.25, 0.3) is 11.0 Å². The summed E-state index contributed by atoms with van der Waals surface area (Å²) in [5.74, 6) is -0.342. The Morgan fingerprint density at radius 3 is 3.08 bits per heavy atom. The number of hydrogen-bond donors (Lipinski definition) is 3. The van der Waals surface area contributed by atoms with Crippen molar-refractivity contribution in [3.63, 3.8) is 0 Å². The van der Waals surface area contributed by atoms with Gasteiger partial charge in [-0.2, -0.15) is 0 Å². The molecule has 8 nitrogen and oxygen atoms in total. The summed E-state index contributed by atoms with van der Waals surface area (Å²) in [5, 5.41) is 0. The van der Waals surface area contributed by atoms with Crippen LogP contribution in [-0.2, 0) is 14.8 Å². The number of carbonyl (C=O) groups excluding carboxylic acids is 1. The van der Waals surface area contributed by atoms with E-state index >= 15 is 0 Å². The van der Waals surface area contributed by atoms with Crippen LogP contribution in [0.4, 0.5) is 0 Å². The first-order chi connectivity index (χ1) is 12.0. The van der Waals surface area contributed by atoms with Crippen LogP contribution in [0.3, 0.4) is 0 Å². The van der Waals surface area contributed by atoms with Crippen molar-refractivity contribution in [1.29, 1.82) is 0 Å². The first-order valence-electron chi connectivity index (χ1n) is 8.40. The fourth-order valence-electron chi connectivity index (χ4n) is 3.17. The van der Waals surface area contributed by atoms with Gasteiger partial charge in [-0.05, 0) is 50.6 Å². The van der Waals surface area contributed by atoms with Crippen LogP contribution < -0.4 is 10.5 Å². The minimum absolute atomic E-state index is 0.0911. The molecule has 9 heteroatoms. The number of nitrogens with one attached hydrogen (secondary N) is 2. The van der Waals surface area contributed by atoms with Gasteiger partial charge in [0, 0.05) is 13.1 Å². The molecule has 1 saturated heterocycles. The number of primary amides is 1. The van der Waals surface area contributed by atoms with Crippen molar-refractivity contribution in [2.24, 2.45) is 11.7 Å². The number of piperidine rings is 1. The number of imidazole rings is 1. The maximum atomic E-state index is 12.4. The van der Waals surface area contributed by atoms with Crippen molar-refractivity contribution >= 4 is 27.0 Å². The quantitative estimate of drug-likeness (QED) is 0.614. The Morgan fingerprint density at radius 2 is 2.28 bits per heavy atom. The third-order valence-electron chi connectivity index (χ3n) is 4.55. The predicted octanol–water partition coefficient (Wildman–Crippen LogP) is 0.429. The second kappa shape index (κ2) is 7.51. The van der Waals surface area contributed by atoms with E-state index in [4.69, 9.17) is 5.73 Å². The minimum atomic E-state index is -3.55. The number of sulfonamides is 1. The van der Waals surface area contributed by atoms with E-state index in [1.54, 1.807) is 18.2 Å². The second-order valence-corrected chi connectivity index (χ2v) is 8.14. The lowest BCUT2D eigenvalue weighted by Crippen LogP contribution is -2.42. The summed E-state index contributed by atoms with van der Waals surface area (Å²) in [6.45, 7) is 2.68. The average molecular weight is 365 g/mol. The van der Waals surface area contributed by atoms with Gasteiger partial charge in [0.2, 0.25) is 15.9 Å². The number of nitrogens with zero attached hydrogens (tertiary/aromatic N) is 2. The predicted molar refractivity (Wildman–Crippen MR) is 94.3 cm³/mol. The molecule has 1 amide bonds. The zero-order valence-corrected chi connectivity index (χ0v) is 14.8. The molecule has 1 atom stereocenters. The number of likely N-dealkylation sites (tertiary alicyclic amines) is 1. The van der Waals surface area contributed by atoms with Gasteiger partial charge in [0.25, 0.3) is 0 Å². The fourth-order valence-corrected chi connectivity index (χ4v) is 4.27. The number of hydrogen-bond acceptors (Lipinski definition) is 5. The number of nitrogens with two attached hydrogens (primary N) is 1. The molecule has 1 aliphatic rings. The Kier molecular flexibility index (Phi) is 5.36. The van der Waals surface area contributed by atoms with Gasteiger partial charge in [-0.1, -0.05) is 0 Å². The Labute approximate surface area is 146 Å². The van der Waals surface area contributed by atoms with Gasteiger partial charge in [-0.15, -0.1) is 0 Å². The Bertz CT molecular complexity index is 848. The van der Waals surface area contributed by atoms with E-state index in [0.29, 0.717) is 25.0 Å². The molecule has 1 fully saturated rings. The van der Waals surface area contributed by atoms with Crippen LogP contribution in [0.15, 0.2) is 29.4 Å². The summed E-state index contributed by atoms with van der Waals surface area (Å²) >= 11 is 0. The van der Waals surface area contributed by atoms with Gasteiger partial charge >= 0.3 is 0 Å². The molecule has 1 aromatic carbocycles. The highest BCUT2D eigenvalue weighted by Crippen LogP contribution is 2.17. The summed E-state index contributed by atoms with van der Waals surface area (Å²) < 4.78 is 27.4. The van der Waals surface area contributed by atoms with Crippen molar-refractivity contribution in [1.82, 2.24) is 19.6 Å². The summed E-state index contributed by atoms with van der Waals surface area (Å²) in [5.41, 5.74) is 6.79. The number of fused-ring (bicyclic) bond motifs is 1. The number of benzene rings is 1. The summed E-state index contributed by atoms with van der Waals surface area (Å²) in [7, 11) is -3.55. The van der Waals surface area contributed by atoms with Crippen LogP contribution >= 0.6 is 0 Å². The number of aromatic amines is 1. The number of H-pyrrole nitrogens is 1. The zero-order chi connectivity index (χ0) is 17.9. The lowest BCUT2D eigenvalue weighted by Gasteiger charge is -2.31. The molecule has 0 spiro atoms. The molecule has 2 heterocycles. The van der Waals surface area contributed by atoms with Gasteiger partial charge in [0.05, 0.1) is 28.2 Å². The van der Waals surface area contributed by atoms with Crippen molar-refractivity contribution < 1.29 is 13.2 Å². The number of aromatic nitrogens is 2. The lowest BCUT2D eigenvalue weighted by molar-refractivity contribution is -0.123. The van der Waals surface area contributed by atoms with E-state index in [2.05, 4.69) is 19.6 Å². The van der Waals surface area contributed by atoms with E-state index in [1.165, 1.54) is 6.33 Å². The molecular weight excluding hydrogens is 342 g/mol. The van der Waals surface area contributed by atoms with E-state index in [9.17, 15) is 13.2 Å². The second-order valence-electron chi connectivity index (χ2n) is 6.37. The SMILES string of the molecule is NC(=O)C1CCCN(CCCNS(=O)(=O)c2ccc3nc[nH]c3c2)C1. The molecule has 136 valence electrons. The molecular formula is C16H23N5O3S. The van der Waals surface area contributed by atoms with Gasteiger partial charge in [-0.3, -0.25) is 4.79 Å². The highest BCUT2D eigenvalue weighted by atomic mass is 32.2. The Hall–Kier alpha value is -1.97. The van der Waals surface area contributed by atoms with Gasteiger partial charge in [0.15, 0.2) is 0 Å². The van der Waals surface area contributed by atoms with Crippen LogP contribution in [0.2, 0.25) is 0 Å². The summed E-state index contributed by atoms with van der Waals surface area (Å²) in [6.07, 6.45) is 4.00. The third-order valence-corrected chi connectivity index (χ3v) is 6.01. The van der Waals surface area contributed by atoms with Gasteiger partial charge in [-0.25, -0.2) is 18.1 Å². The molecule has 1 aliphatic heterocycles. The number of rotatable bonds is 7. The highest BCUT2D eigenvalue weighted by Gasteiger charge is 2.23. The molecule has 3 rings (SSSR count). The molecule has 4 N–H and O–H groups in total. The third kappa shape index (κ3) is 4.36. The van der Waals surface area contributed by atoms with Crippen molar-refractivity contribution in [3.05, 3.63) is 24.5 Å². The topological polar surface area (TPSA) is 121 Å². The molecule has 1 unspecified atom stereocenters. The van der Waals surface area contributed by atoms with Crippen molar-refractivity contribution in [2.75, 3.05) is 26.2 Å². The summed E-state index contributed by atoms with van der Waals surface area (Å²) in [6, 6.07) is 4.80. The van der Waals surface area contributed by atoms with Crippen LogP contribution in [-0.4, -0.2) is 55.4 Å². The normalized spacial score (nSPS) is 19.3. The maximum absolute atomic E-state index is 12.4. The highest BCUT2D eigenvalue weighted by molar-refractivity contribution is 7.89. The molecule has 0 bridgehead atoms. The minimum Gasteiger partial charge on any atom is -0.369 e. The van der Waals surface area contributed by atoms with Gasteiger partial charge in [0.1, 0.15) is 0 Å². The molecule has 1 aromatic heterocycles. The monoisotopic (exact) mass is 365 g/mol. The molecule has 0 saturated carbocycles. The van der Waals surface area contributed by atoms with Crippen molar-refractivity contribution in [3.8, 4) is 0 Å². The first-order valence-corrected chi connectivity index (χ1v) is 9.88. The Balaban J connectivity index is 1.50. The van der Waals surface area contributed by atoms with E-state index < -0.39 is 10.0 Å². The van der Waals surface area contributed by atoms with Crippen LogP contribution in [0.5, 0.6) is 0 Å². The molecule has 0 aliphatic carbocycles. The summed E-state index contributed by atoms with van der Waals surface area (Å²) in [4.78, 5) is 20.7. The number of amides is 1. The lowest BCUT2D eigenvalue weighted by atomic mass is 9.97. The van der Waals surface area contributed by atoms with E-state index in [1.807, 2.05) is 0 Å². The van der Waals surface area contributed by atoms with Gasteiger partial charge < -0.3 is 15.6 Å². The smallest absolute Gasteiger partial charge is 0.240 e. The molecule has 25 heavy (non-hydrogen) atoms. The standard InChI is InChI=1S/C16H23N5O3S/c17-16(22)12-3-1-7-21(10-12)8-2-6-20-25(23,24)13-4-5-14-15(9-13)19-11-18-14/h4-5,9,11-12,20H,1-3,6-8,10H2,(H2,17,22)(H,18,19). The van der Waals surface area contributed by atoms with Crippen LogP contribution in [0.1, 0.15) is 19.3 Å². The molecule has 2 aromatic rings. The maximum Gasteiger partial charge on any atom is 0.240 e. The van der Waals surface area contributed by atoms with E-state index in [0.717, 1.165) is 31.4 Å². The Morgan fingerprint density at radius 1 is 1.44 bits per heavy atom. The number of carbonyl (C=O) groups is 1. The average Bonchev–Trinajstić information content (AvgIpc) is 3.07. The first kappa shape index (κ1) is 17.8. The fraction of sp³-hybridized carbons (Fsp3) is 0.500. The van der Waals surface area contributed by atoms with Crippen LogP contribution in [0, 0.1) is 5.92 Å². The molecule has 0 radical (unpaired) electrons. The van der Waals surface area contributed by atoms with E-state index in [-0.39, 0.29) is 16.7 Å². The largest absolute Gasteiger partial charge is 0.369 e.